The largest absolute Gasteiger partial charge is 0.478 e. The zero-order chi connectivity index (χ0) is 14.0. The monoisotopic (exact) mass is 266 g/mol. The molecule has 2 unspecified atom stereocenters. The maximum absolute atomic E-state index is 13.6. The van der Waals surface area contributed by atoms with Gasteiger partial charge in [-0.3, -0.25) is 4.79 Å². The number of rotatable bonds is 3. The van der Waals surface area contributed by atoms with Crippen LogP contribution in [0.3, 0.4) is 0 Å². The van der Waals surface area contributed by atoms with Crippen molar-refractivity contribution < 1.29 is 19.1 Å². The highest BCUT2D eigenvalue weighted by Gasteiger charge is 2.28. The molecule has 0 aliphatic heterocycles. The smallest absolute Gasteiger partial charge is 0.335 e. The fourth-order valence-corrected chi connectivity index (χ4v) is 2.24. The summed E-state index contributed by atoms with van der Waals surface area (Å²) in [5.74, 6) is -2.43. The number of carboxylic acids is 1. The highest BCUT2D eigenvalue weighted by Crippen LogP contribution is 2.26. The SMILES string of the molecule is NC1CCC(C(=O)Nc2ccc(C(=O)O)cc2F)C1. The van der Waals surface area contributed by atoms with Gasteiger partial charge >= 0.3 is 5.97 Å². The molecule has 5 nitrogen and oxygen atoms in total. The van der Waals surface area contributed by atoms with Crippen LogP contribution in [0.5, 0.6) is 0 Å². The van der Waals surface area contributed by atoms with E-state index in [1.54, 1.807) is 0 Å². The van der Waals surface area contributed by atoms with E-state index in [1.165, 1.54) is 12.1 Å². The molecule has 0 spiro atoms. The standard InChI is InChI=1S/C13H15FN2O3/c14-10-6-8(13(18)19)2-4-11(10)16-12(17)7-1-3-9(15)5-7/h2,4,6-7,9H,1,3,5,15H2,(H,16,17)(H,18,19). The number of carbonyl (C=O) groups excluding carboxylic acids is 1. The molecule has 1 fully saturated rings. The summed E-state index contributed by atoms with van der Waals surface area (Å²) in [6, 6.07) is 3.42. The highest BCUT2D eigenvalue weighted by molar-refractivity contribution is 5.94. The van der Waals surface area contributed by atoms with Gasteiger partial charge in [-0.2, -0.15) is 0 Å². The van der Waals surface area contributed by atoms with Crippen LogP contribution in [0.25, 0.3) is 0 Å². The number of amides is 1. The number of hydrogen-bond donors (Lipinski definition) is 3. The molecule has 1 aromatic carbocycles. The minimum Gasteiger partial charge on any atom is -0.478 e. The molecule has 1 aromatic rings. The van der Waals surface area contributed by atoms with Crippen LogP contribution in [-0.4, -0.2) is 23.0 Å². The van der Waals surface area contributed by atoms with Gasteiger partial charge in [0.25, 0.3) is 0 Å². The van der Waals surface area contributed by atoms with Gasteiger partial charge in [-0.1, -0.05) is 0 Å². The summed E-state index contributed by atoms with van der Waals surface area (Å²) in [4.78, 5) is 22.5. The minimum absolute atomic E-state index is 0.00419. The van der Waals surface area contributed by atoms with E-state index in [1.807, 2.05) is 0 Å². The molecule has 1 amide bonds. The lowest BCUT2D eigenvalue weighted by Crippen LogP contribution is -2.23. The van der Waals surface area contributed by atoms with Crippen molar-refractivity contribution in [1.82, 2.24) is 0 Å². The van der Waals surface area contributed by atoms with Crippen molar-refractivity contribution in [3.63, 3.8) is 0 Å². The number of carbonyl (C=O) groups is 2. The summed E-state index contributed by atoms with van der Waals surface area (Å²) >= 11 is 0. The first kappa shape index (κ1) is 13.5. The molecule has 0 radical (unpaired) electrons. The van der Waals surface area contributed by atoms with Crippen LogP contribution in [0, 0.1) is 11.7 Å². The van der Waals surface area contributed by atoms with Crippen molar-refractivity contribution in [2.45, 2.75) is 25.3 Å². The highest BCUT2D eigenvalue weighted by atomic mass is 19.1. The Morgan fingerprint density at radius 3 is 2.63 bits per heavy atom. The third-order valence-corrected chi connectivity index (χ3v) is 3.32. The van der Waals surface area contributed by atoms with E-state index in [0.717, 1.165) is 12.5 Å². The number of nitrogens with one attached hydrogen (secondary N) is 1. The first-order valence-electron chi connectivity index (χ1n) is 6.06. The molecule has 1 aliphatic carbocycles. The molecule has 2 rings (SSSR count). The molecular formula is C13H15FN2O3. The van der Waals surface area contributed by atoms with E-state index >= 15 is 0 Å². The molecule has 19 heavy (non-hydrogen) atoms. The molecule has 6 heteroatoms. The second kappa shape index (κ2) is 5.36. The lowest BCUT2D eigenvalue weighted by Gasteiger charge is -2.11. The van der Waals surface area contributed by atoms with Crippen molar-refractivity contribution in [2.24, 2.45) is 11.7 Å². The van der Waals surface area contributed by atoms with E-state index in [0.29, 0.717) is 12.8 Å². The Morgan fingerprint density at radius 1 is 1.37 bits per heavy atom. The van der Waals surface area contributed by atoms with Crippen LogP contribution < -0.4 is 11.1 Å². The second-order valence-corrected chi connectivity index (χ2v) is 4.76. The average molecular weight is 266 g/mol. The van der Waals surface area contributed by atoms with Gasteiger partial charge < -0.3 is 16.2 Å². The van der Waals surface area contributed by atoms with Crippen LogP contribution in [0.4, 0.5) is 10.1 Å². The molecule has 4 N–H and O–H groups in total. The lowest BCUT2D eigenvalue weighted by molar-refractivity contribution is -0.119. The van der Waals surface area contributed by atoms with Gasteiger partial charge in [-0.05, 0) is 37.5 Å². The topological polar surface area (TPSA) is 92.4 Å². The van der Waals surface area contributed by atoms with Gasteiger partial charge in [0.15, 0.2) is 0 Å². The molecule has 0 heterocycles. The normalized spacial score (nSPS) is 22.2. The van der Waals surface area contributed by atoms with E-state index < -0.39 is 11.8 Å². The zero-order valence-corrected chi connectivity index (χ0v) is 10.2. The van der Waals surface area contributed by atoms with Crippen molar-refractivity contribution in [1.29, 1.82) is 0 Å². The van der Waals surface area contributed by atoms with E-state index in [-0.39, 0.29) is 29.1 Å². The Kier molecular flexibility index (Phi) is 3.80. The van der Waals surface area contributed by atoms with Crippen molar-refractivity contribution >= 4 is 17.6 Å². The number of carboxylic acid groups (broad SMARTS) is 1. The van der Waals surface area contributed by atoms with E-state index in [9.17, 15) is 14.0 Å². The molecule has 0 aromatic heterocycles. The maximum Gasteiger partial charge on any atom is 0.335 e. The van der Waals surface area contributed by atoms with Gasteiger partial charge in [-0.25, -0.2) is 9.18 Å². The number of nitrogens with two attached hydrogens (primary N) is 1. The van der Waals surface area contributed by atoms with Gasteiger partial charge in [0, 0.05) is 12.0 Å². The Labute approximate surface area is 109 Å². The van der Waals surface area contributed by atoms with Crippen LogP contribution in [0.15, 0.2) is 18.2 Å². The van der Waals surface area contributed by atoms with Gasteiger partial charge in [-0.15, -0.1) is 0 Å². The van der Waals surface area contributed by atoms with Crippen LogP contribution in [0.2, 0.25) is 0 Å². The van der Waals surface area contributed by atoms with Gasteiger partial charge in [0.1, 0.15) is 5.82 Å². The molecule has 1 aliphatic rings. The Hall–Kier alpha value is -1.95. The third kappa shape index (κ3) is 3.08. The third-order valence-electron chi connectivity index (χ3n) is 3.32. The molecule has 0 saturated heterocycles. The summed E-state index contributed by atoms with van der Waals surface area (Å²) in [7, 11) is 0. The van der Waals surface area contributed by atoms with Crippen LogP contribution >= 0.6 is 0 Å². The summed E-state index contributed by atoms with van der Waals surface area (Å²) in [6.07, 6.45) is 2.08. The number of benzene rings is 1. The van der Waals surface area contributed by atoms with Crippen molar-refractivity contribution in [2.75, 3.05) is 5.32 Å². The van der Waals surface area contributed by atoms with Gasteiger partial charge in [0.2, 0.25) is 5.91 Å². The Morgan fingerprint density at radius 2 is 2.11 bits per heavy atom. The first-order valence-corrected chi connectivity index (χ1v) is 6.06. The van der Waals surface area contributed by atoms with E-state index in [4.69, 9.17) is 10.8 Å². The van der Waals surface area contributed by atoms with E-state index in [2.05, 4.69) is 5.32 Å². The lowest BCUT2D eigenvalue weighted by atomic mass is 10.1. The Balaban J connectivity index is 2.07. The van der Waals surface area contributed by atoms with Crippen LogP contribution in [-0.2, 0) is 4.79 Å². The predicted octanol–water partition coefficient (Wildman–Crippen LogP) is 1.59. The molecule has 102 valence electrons. The quantitative estimate of drug-likeness (QED) is 0.774. The van der Waals surface area contributed by atoms with Crippen molar-refractivity contribution in [3.05, 3.63) is 29.6 Å². The zero-order valence-electron chi connectivity index (χ0n) is 10.2. The Bertz CT molecular complexity index is 519. The first-order chi connectivity index (χ1) is 8.97. The second-order valence-electron chi connectivity index (χ2n) is 4.76. The van der Waals surface area contributed by atoms with Crippen molar-refractivity contribution in [3.8, 4) is 0 Å². The van der Waals surface area contributed by atoms with Gasteiger partial charge in [0.05, 0.1) is 11.3 Å². The minimum atomic E-state index is -1.21. The predicted molar refractivity (Wildman–Crippen MR) is 67.3 cm³/mol. The summed E-state index contributed by atoms with van der Waals surface area (Å²) in [5, 5.41) is 11.2. The average Bonchev–Trinajstić information content (AvgIpc) is 2.78. The molecule has 2 atom stereocenters. The summed E-state index contributed by atoms with van der Waals surface area (Å²) < 4.78 is 13.6. The van der Waals surface area contributed by atoms with Crippen LogP contribution in [0.1, 0.15) is 29.6 Å². The fraction of sp³-hybridized carbons (Fsp3) is 0.385. The number of anilines is 1. The summed E-state index contributed by atoms with van der Waals surface area (Å²) in [5.41, 5.74) is 5.56. The molecular weight excluding hydrogens is 251 g/mol. The number of hydrogen-bond acceptors (Lipinski definition) is 3. The number of halogens is 1. The number of aromatic carboxylic acids is 1. The molecule has 0 bridgehead atoms. The fourth-order valence-electron chi connectivity index (χ4n) is 2.24. The maximum atomic E-state index is 13.6. The summed E-state index contributed by atoms with van der Waals surface area (Å²) in [6.45, 7) is 0. The molecule has 1 saturated carbocycles.